The van der Waals surface area contributed by atoms with E-state index in [1.54, 1.807) is 6.33 Å². The quantitative estimate of drug-likeness (QED) is 0.843. The number of aryl methyl sites for hydroxylation is 1. The Balaban J connectivity index is 2.38. The fourth-order valence-corrected chi connectivity index (χ4v) is 2.69. The van der Waals surface area contributed by atoms with Gasteiger partial charge in [-0.1, -0.05) is 13.8 Å². The molecule has 2 aromatic heterocycles. The summed E-state index contributed by atoms with van der Waals surface area (Å²) in [4.78, 5) is 8.27. The number of hydrogen-bond acceptors (Lipinski definition) is 4. The first-order valence-electron chi connectivity index (χ1n) is 6.97. The molecule has 20 heavy (non-hydrogen) atoms. The summed E-state index contributed by atoms with van der Waals surface area (Å²) in [6.07, 6.45) is 9.25. The van der Waals surface area contributed by atoms with E-state index in [0.29, 0.717) is 0 Å². The second-order valence-electron chi connectivity index (χ2n) is 4.66. The van der Waals surface area contributed by atoms with Crippen LogP contribution in [0.5, 0.6) is 0 Å². The second-order valence-corrected chi connectivity index (χ2v) is 5.51. The van der Waals surface area contributed by atoms with Gasteiger partial charge in [-0.3, -0.25) is 4.68 Å². The molecule has 108 valence electrons. The topological polar surface area (TPSA) is 55.6 Å². The molecular weight excluding hydrogens is 318 g/mol. The van der Waals surface area contributed by atoms with Crippen LogP contribution in [-0.2, 0) is 6.54 Å². The van der Waals surface area contributed by atoms with E-state index < -0.39 is 0 Å². The third-order valence-corrected chi connectivity index (χ3v) is 3.67. The van der Waals surface area contributed by atoms with Gasteiger partial charge in [0, 0.05) is 24.5 Å². The van der Waals surface area contributed by atoms with E-state index >= 15 is 0 Å². The Morgan fingerprint density at radius 1 is 1.20 bits per heavy atom. The minimum Gasteiger partial charge on any atom is -0.305 e. The lowest BCUT2D eigenvalue weighted by Gasteiger charge is -2.20. The van der Waals surface area contributed by atoms with Crippen LogP contribution in [0.3, 0.4) is 0 Å². The van der Waals surface area contributed by atoms with Crippen LogP contribution in [0.2, 0.25) is 0 Å². The van der Waals surface area contributed by atoms with E-state index in [9.17, 15) is 0 Å². The first kappa shape index (κ1) is 15.1. The largest absolute Gasteiger partial charge is 0.305 e. The molecule has 1 atom stereocenters. The monoisotopic (exact) mass is 337 g/mol. The van der Waals surface area contributed by atoms with E-state index in [4.69, 9.17) is 0 Å². The van der Waals surface area contributed by atoms with Gasteiger partial charge in [-0.15, -0.1) is 0 Å². The van der Waals surface area contributed by atoms with E-state index in [2.05, 4.69) is 50.2 Å². The lowest BCUT2D eigenvalue weighted by atomic mass is 10.1. The highest BCUT2D eigenvalue weighted by atomic mass is 79.9. The van der Waals surface area contributed by atoms with Gasteiger partial charge in [0.2, 0.25) is 0 Å². The van der Waals surface area contributed by atoms with Gasteiger partial charge in [0.1, 0.15) is 6.33 Å². The summed E-state index contributed by atoms with van der Waals surface area (Å²) >= 11 is 3.61. The van der Waals surface area contributed by atoms with Gasteiger partial charge in [0.15, 0.2) is 0 Å². The summed E-state index contributed by atoms with van der Waals surface area (Å²) < 4.78 is 3.06. The van der Waals surface area contributed by atoms with E-state index in [-0.39, 0.29) is 6.04 Å². The van der Waals surface area contributed by atoms with Crippen LogP contribution in [0, 0.1) is 0 Å². The molecule has 0 fully saturated rings. The molecule has 0 amide bonds. The lowest BCUT2D eigenvalue weighted by molar-refractivity contribution is 0.508. The van der Waals surface area contributed by atoms with E-state index in [0.717, 1.165) is 41.7 Å². The Labute approximate surface area is 128 Å². The van der Waals surface area contributed by atoms with Crippen molar-refractivity contribution in [2.45, 2.75) is 39.3 Å². The zero-order chi connectivity index (χ0) is 14.4. The average molecular weight is 338 g/mol. The number of rotatable bonds is 7. The molecule has 0 saturated heterocycles. The maximum Gasteiger partial charge on any atom is 0.115 e. The number of halogens is 1. The van der Waals surface area contributed by atoms with Gasteiger partial charge >= 0.3 is 0 Å². The minimum atomic E-state index is 0.0552. The molecular formula is C14H20BrN5. The van der Waals surface area contributed by atoms with Gasteiger partial charge < -0.3 is 5.32 Å². The van der Waals surface area contributed by atoms with Crippen molar-refractivity contribution < 1.29 is 0 Å². The fourth-order valence-electron chi connectivity index (χ4n) is 2.17. The zero-order valence-electron chi connectivity index (χ0n) is 11.9. The molecule has 1 N–H and O–H groups in total. The van der Waals surface area contributed by atoms with Gasteiger partial charge in [-0.2, -0.15) is 5.10 Å². The minimum absolute atomic E-state index is 0.0552. The Morgan fingerprint density at radius 2 is 1.95 bits per heavy atom. The number of hydrogen-bond donors (Lipinski definition) is 1. The molecule has 2 aromatic rings. The van der Waals surface area contributed by atoms with Crippen molar-refractivity contribution >= 4 is 15.9 Å². The van der Waals surface area contributed by atoms with Crippen molar-refractivity contribution in [3.05, 3.63) is 40.6 Å². The molecule has 5 nitrogen and oxygen atoms in total. The van der Waals surface area contributed by atoms with E-state index in [1.807, 2.05) is 23.3 Å². The molecule has 2 rings (SSSR count). The highest BCUT2D eigenvalue weighted by molar-refractivity contribution is 9.10. The zero-order valence-corrected chi connectivity index (χ0v) is 13.5. The van der Waals surface area contributed by atoms with Crippen LogP contribution in [0.1, 0.15) is 44.0 Å². The standard InChI is InChI=1S/C14H20BrN5/c1-3-5-18-13(11-7-16-10-17-8-11)14-12(15)9-19-20(14)6-4-2/h7-10,13,18H,3-6H2,1-2H3. The molecule has 0 aliphatic rings. The molecule has 0 bridgehead atoms. The van der Waals surface area contributed by atoms with Gasteiger partial charge in [-0.05, 0) is 35.3 Å². The Morgan fingerprint density at radius 3 is 2.60 bits per heavy atom. The van der Waals surface area contributed by atoms with Crippen molar-refractivity contribution in [2.75, 3.05) is 6.54 Å². The fraction of sp³-hybridized carbons (Fsp3) is 0.500. The molecule has 1 unspecified atom stereocenters. The first-order valence-corrected chi connectivity index (χ1v) is 7.76. The predicted octanol–water partition coefficient (Wildman–Crippen LogP) is 2.93. The summed E-state index contributed by atoms with van der Waals surface area (Å²) in [6, 6.07) is 0.0552. The Hall–Kier alpha value is -1.27. The van der Waals surface area contributed by atoms with Gasteiger partial charge in [-0.25, -0.2) is 9.97 Å². The van der Waals surface area contributed by atoms with Crippen LogP contribution in [0.15, 0.2) is 29.4 Å². The van der Waals surface area contributed by atoms with Crippen molar-refractivity contribution in [3.63, 3.8) is 0 Å². The third kappa shape index (κ3) is 3.43. The van der Waals surface area contributed by atoms with Crippen molar-refractivity contribution in [1.82, 2.24) is 25.1 Å². The highest BCUT2D eigenvalue weighted by Gasteiger charge is 2.21. The highest BCUT2D eigenvalue weighted by Crippen LogP contribution is 2.28. The predicted molar refractivity (Wildman–Crippen MR) is 82.4 cm³/mol. The molecule has 0 aliphatic heterocycles. The smallest absolute Gasteiger partial charge is 0.115 e. The van der Waals surface area contributed by atoms with Crippen LogP contribution in [-0.4, -0.2) is 26.3 Å². The molecule has 0 spiro atoms. The second kappa shape index (κ2) is 7.50. The molecule has 2 heterocycles. The van der Waals surface area contributed by atoms with Crippen molar-refractivity contribution in [3.8, 4) is 0 Å². The normalized spacial score (nSPS) is 12.6. The molecule has 0 saturated carbocycles. The van der Waals surface area contributed by atoms with Gasteiger partial charge in [0.25, 0.3) is 0 Å². The SMILES string of the molecule is CCCNC(c1cncnc1)c1c(Br)cnn1CCC. The summed E-state index contributed by atoms with van der Waals surface area (Å²) in [5.41, 5.74) is 2.19. The average Bonchev–Trinajstić information content (AvgIpc) is 2.83. The lowest BCUT2D eigenvalue weighted by Crippen LogP contribution is -2.26. The van der Waals surface area contributed by atoms with Crippen LogP contribution >= 0.6 is 15.9 Å². The Bertz CT molecular complexity index is 526. The number of aromatic nitrogens is 4. The first-order chi connectivity index (χ1) is 9.77. The maximum atomic E-state index is 4.45. The summed E-state index contributed by atoms with van der Waals surface area (Å²) in [6.45, 7) is 6.14. The number of nitrogens with zero attached hydrogens (tertiary/aromatic N) is 4. The van der Waals surface area contributed by atoms with Gasteiger partial charge in [0.05, 0.1) is 22.4 Å². The molecule has 0 radical (unpaired) electrons. The summed E-state index contributed by atoms with van der Waals surface area (Å²) in [7, 11) is 0. The molecule has 0 aromatic carbocycles. The summed E-state index contributed by atoms with van der Waals surface area (Å²) in [5.74, 6) is 0. The van der Waals surface area contributed by atoms with Crippen LogP contribution in [0.4, 0.5) is 0 Å². The van der Waals surface area contributed by atoms with E-state index in [1.165, 1.54) is 0 Å². The van der Waals surface area contributed by atoms with Crippen LogP contribution in [0.25, 0.3) is 0 Å². The molecule has 6 heteroatoms. The number of nitrogens with one attached hydrogen (secondary N) is 1. The summed E-state index contributed by atoms with van der Waals surface area (Å²) in [5, 5.41) is 8.01. The molecule has 0 aliphatic carbocycles. The van der Waals surface area contributed by atoms with Crippen molar-refractivity contribution in [2.24, 2.45) is 0 Å². The maximum absolute atomic E-state index is 4.45. The van der Waals surface area contributed by atoms with Crippen LogP contribution < -0.4 is 5.32 Å². The van der Waals surface area contributed by atoms with Crippen molar-refractivity contribution in [1.29, 1.82) is 0 Å². The Kier molecular flexibility index (Phi) is 5.67. The third-order valence-electron chi connectivity index (χ3n) is 3.05.